The van der Waals surface area contributed by atoms with Crippen LogP contribution in [-0.2, 0) is 10.8 Å². The number of para-hydroxylation sites is 2. The molecule has 0 radical (unpaired) electrons. The molecule has 16 aromatic rings. The molecular weight excluding hydrogens is 1370 g/mol. The molecule has 8 saturated carbocycles. The summed E-state index contributed by atoms with van der Waals surface area (Å²) in [7, 11) is 0. The van der Waals surface area contributed by atoms with Crippen molar-refractivity contribution >= 4 is 101 Å². The monoisotopic (exact) mass is 1460 g/mol. The summed E-state index contributed by atoms with van der Waals surface area (Å²) in [6, 6.07) is 138. The summed E-state index contributed by atoms with van der Waals surface area (Å²) in [4.78, 5) is 9.76. The molecule has 548 valence electrons. The number of hydrogen-bond acceptors (Lipinski definition) is 5. The zero-order valence-corrected chi connectivity index (χ0v) is 63.7. The summed E-state index contributed by atoms with van der Waals surface area (Å²) >= 11 is 0. The molecule has 0 aliphatic heterocycles. The first-order valence-electron chi connectivity index (χ1n) is 41.4. The molecule has 113 heavy (non-hydrogen) atoms. The van der Waals surface area contributed by atoms with Gasteiger partial charge in [-0.05, 0) is 329 Å². The Bertz CT molecular complexity index is 6090. The quantitative estimate of drug-likeness (QED) is 0.0853. The van der Waals surface area contributed by atoms with Crippen LogP contribution in [0.3, 0.4) is 0 Å². The molecule has 5 nitrogen and oxygen atoms in total. The van der Waals surface area contributed by atoms with E-state index in [1.807, 2.05) is 6.07 Å². The second kappa shape index (κ2) is 27.8. The third-order valence-corrected chi connectivity index (χ3v) is 27.3. The first kappa shape index (κ1) is 67.5. The number of nitrogens with zero attached hydrogens (tertiary/aromatic N) is 4. The molecule has 24 rings (SSSR count). The predicted octanol–water partition coefficient (Wildman–Crippen LogP) is 29.9. The minimum atomic E-state index is 0.149. The summed E-state index contributed by atoms with van der Waals surface area (Å²) in [5.74, 6) is 5.23. The Morgan fingerprint density at radius 2 is 0.531 bits per heavy atom. The maximum atomic E-state index is 6.51. The van der Waals surface area contributed by atoms with Crippen LogP contribution in [0, 0.1) is 35.5 Å². The van der Waals surface area contributed by atoms with Gasteiger partial charge in [-0.3, -0.25) is 0 Å². The summed E-state index contributed by atoms with van der Waals surface area (Å²) in [6.07, 6.45) is 14.8. The van der Waals surface area contributed by atoms with Gasteiger partial charge in [-0.1, -0.05) is 218 Å². The highest BCUT2D eigenvalue weighted by molar-refractivity contribution is 6.06. The van der Waals surface area contributed by atoms with Crippen LogP contribution in [0.25, 0.3) is 66.1 Å². The first-order chi connectivity index (χ1) is 55.8. The lowest BCUT2D eigenvalue weighted by Gasteiger charge is -2.60. The Morgan fingerprint density at radius 3 is 0.982 bits per heavy atom. The molecule has 0 saturated heterocycles. The molecule has 1 heterocycles. The molecule has 8 fully saturated rings. The lowest BCUT2D eigenvalue weighted by molar-refractivity contribution is -0.0256. The van der Waals surface area contributed by atoms with Gasteiger partial charge in [0.15, 0.2) is 0 Å². The standard InChI is InChI=1S/C108H90N4O/c1-5-16-77(17-6-1)80-28-42-91(43-29-80)109(97-24-15-25-98(65-97)112(90-22-11-4-12-23-90)101-56-57-103-102-26-13-14-27-104(102)113-105(103)66-101)95-54-40-89(41-55-95)108-70-76-61-86(71-108)106(87(62-76)72-108)83-34-48-94(49-35-83)110(92-44-30-81(31-45-92)78-18-7-2-8-19-78)99-50-36-85-64-100(51-37-84(85)63-99)111(93-46-32-82(33-47-93)79-20-9-3-10-21-79)96-52-38-88(39-53-96)107-67-73-58-74(68-107)60-75(59-73)69-107/h1-57,63-66,73-76,86-87,106H,58-62,67-72H2. The van der Waals surface area contributed by atoms with E-state index in [1.165, 1.54) is 137 Å². The highest BCUT2D eigenvalue weighted by Crippen LogP contribution is 2.66. The Balaban J connectivity index is 0.563. The van der Waals surface area contributed by atoms with Gasteiger partial charge in [0.25, 0.3) is 0 Å². The third kappa shape index (κ3) is 12.3. The van der Waals surface area contributed by atoms with E-state index < -0.39 is 0 Å². The minimum absolute atomic E-state index is 0.149. The van der Waals surface area contributed by atoms with E-state index in [9.17, 15) is 0 Å². The zero-order chi connectivity index (χ0) is 74.6. The fourth-order valence-electron chi connectivity index (χ4n) is 23.0. The molecule has 5 heteroatoms. The molecular formula is C108H90N4O. The molecule has 0 spiro atoms. The summed E-state index contributed by atoms with van der Waals surface area (Å²) in [5.41, 5.74) is 27.6. The van der Waals surface area contributed by atoms with E-state index in [0.29, 0.717) is 23.2 Å². The van der Waals surface area contributed by atoms with Gasteiger partial charge < -0.3 is 24.0 Å². The largest absolute Gasteiger partial charge is 0.456 e. The summed E-state index contributed by atoms with van der Waals surface area (Å²) in [5, 5.41) is 4.66. The van der Waals surface area contributed by atoms with Crippen molar-refractivity contribution in [1.29, 1.82) is 0 Å². The van der Waals surface area contributed by atoms with Gasteiger partial charge in [-0.15, -0.1) is 0 Å². The van der Waals surface area contributed by atoms with Crippen molar-refractivity contribution in [3.63, 3.8) is 0 Å². The van der Waals surface area contributed by atoms with Crippen molar-refractivity contribution in [3.05, 3.63) is 387 Å². The number of fused-ring (bicyclic) bond motifs is 4. The van der Waals surface area contributed by atoms with Gasteiger partial charge >= 0.3 is 0 Å². The zero-order valence-electron chi connectivity index (χ0n) is 63.7. The lowest BCUT2D eigenvalue weighted by Crippen LogP contribution is -2.52. The van der Waals surface area contributed by atoms with Crippen LogP contribution in [0.4, 0.5) is 68.2 Å². The Hall–Kier alpha value is -12.4. The summed E-state index contributed by atoms with van der Waals surface area (Å²) < 4.78 is 6.51. The normalized spacial score (nSPS) is 21.8. The van der Waals surface area contributed by atoms with Crippen LogP contribution in [-0.4, -0.2) is 0 Å². The van der Waals surface area contributed by atoms with Gasteiger partial charge in [0.2, 0.25) is 0 Å². The molecule has 0 amide bonds. The lowest BCUT2D eigenvalue weighted by atomic mass is 9.44. The molecule has 2 unspecified atom stereocenters. The van der Waals surface area contributed by atoms with Crippen LogP contribution in [0.2, 0.25) is 0 Å². The summed E-state index contributed by atoms with van der Waals surface area (Å²) in [6.45, 7) is 0. The minimum Gasteiger partial charge on any atom is -0.456 e. The van der Waals surface area contributed by atoms with E-state index in [1.54, 1.807) is 5.56 Å². The van der Waals surface area contributed by atoms with Crippen molar-refractivity contribution in [2.45, 2.75) is 87.4 Å². The second-order valence-corrected chi connectivity index (χ2v) is 34.1. The third-order valence-electron chi connectivity index (χ3n) is 27.3. The van der Waals surface area contributed by atoms with E-state index >= 15 is 0 Å². The Kier molecular flexibility index (Phi) is 16.6. The molecule has 15 aromatic carbocycles. The van der Waals surface area contributed by atoms with E-state index in [4.69, 9.17) is 4.42 Å². The maximum absolute atomic E-state index is 6.51. The topological polar surface area (TPSA) is 26.1 Å². The molecule has 2 atom stereocenters. The van der Waals surface area contributed by atoms with Gasteiger partial charge in [0, 0.05) is 85.1 Å². The Labute approximate surface area is 663 Å². The molecule has 8 bridgehead atoms. The second-order valence-electron chi connectivity index (χ2n) is 34.1. The van der Waals surface area contributed by atoms with Crippen LogP contribution in [0.15, 0.2) is 374 Å². The van der Waals surface area contributed by atoms with E-state index in [2.05, 4.69) is 384 Å². The number of rotatable bonds is 18. The highest BCUT2D eigenvalue weighted by atomic mass is 16.3. The van der Waals surface area contributed by atoms with Gasteiger partial charge in [-0.2, -0.15) is 0 Å². The fraction of sp³-hybridized carbons (Fsp3) is 0.185. The van der Waals surface area contributed by atoms with Crippen molar-refractivity contribution < 1.29 is 4.42 Å². The number of anilines is 12. The molecule has 0 N–H and O–H groups in total. The molecule has 8 aliphatic rings. The highest BCUT2D eigenvalue weighted by Gasteiger charge is 2.56. The van der Waals surface area contributed by atoms with Crippen LogP contribution in [0.5, 0.6) is 0 Å². The van der Waals surface area contributed by atoms with Crippen LogP contribution < -0.4 is 19.6 Å². The average Bonchev–Trinajstić information content (AvgIpc) is 0.887. The SMILES string of the molecule is c1ccc(-c2ccc(N(c3ccc(C45CC6CC(C4)C(c4ccc(N(c7ccc(-c8ccccc8)cc7)c7ccc8cc(N(c9ccc(-c%10ccccc%10)cc9)c9ccc(C%10%11CC%12CC(CC(C%12)C%10)C%11)cc9)ccc8c7)cc4)C(C6)C5)cc3)c3cccc(N(c4ccccc4)c4ccc5c(c4)oc4ccccc45)c3)cc2)cc1. The van der Waals surface area contributed by atoms with Gasteiger partial charge in [0.05, 0.1) is 0 Å². The van der Waals surface area contributed by atoms with E-state index in [-0.39, 0.29) is 5.41 Å². The molecule has 1 aromatic heterocycles. The average molecular weight is 1460 g/mol. The maximum Gasteiger partial charge on any atom is 0.137 e. The van der Waals surface area contributed by atoms with Gasteiger partial charge in [0.1, 0.15) is 11.2 Å². The predicted molar refractivity (Wildman–Crippen MR) is 471 cm³/mol. The molecule has 8 aliphatic carbocycles. The van der Waals surface area contributed by atoms with Crippen molar-refractivity contribution in [1.82, 2.24) is 0 Å². The smallest absolute Gasteiger partial charge is 0.137 e. The number of hydrogen-bond donors (Lipinski definition) is 0. The van der Waals surface area contributed by atoms with E-state index in [0.717, 1.165) is 102 Å². The van der Waals surface area contributed by atoms with Crippen molar-refractivity contribution in [2.75, 3.05) is 19.6 Å². The first-order valence-corrected chi connectivity index (χ1v) is 41.4. The van der Waals surface area contributed by atoms with Crippen LogP contribution >= 0.6 is 0 Å². The fourth-order valence-corrected chi connectivity index (χ4v) is 23.0. The van der Waals surface area contributed by atoms with Crippen LogP contribution in [0.1, 0.15) is 93.2 Å². The van der Waals surface area contributed by atoms with Gasteiger partial charge in [-0.25, -0.2) is 0 Å². The number of furan rings is 1. The van der Waals surface area contributed by atoms with Crippen molar-refractivity contribution in [2.24, 2.45) is 35.5 Å². The Morgan fingerprint density at radius 1 is 0.221 bits per heavy atom. The number of benzene rings is 15. The van der Waals surface area contributed by atoms with Crippen molar-refractivity contribution in [3.8, 4) is 33.4 Å².